The molecule has 2 aromatic heterocycles. The summed E-state index contributed by atoms with van der Waals surface area (Å²) in [4.78, 5) is 7.30. The average molecular weight is 384 g/mol. The Kier molecular flexibility index (Phi) is 4.43. The van der Waals surface area contributed by atoms with Gasteiger partial charge in [-0.2, -0.15) is 5.10 Å². The van der Waals surface area contributed by atoms with Gasteiger partial charge in [0.1, 0.15) is 17.1 Å². The van der Waals surface area contributed by atoms with Crippen molar-refractivity contribution in [2.45, 2.75) is 12.8 Å². The van der Waals surface area contributed by atoms with Gasteiger partial charge in [-0.3, -0.25) is 4.68 Å². The maximum atomic E-state index is 5.52. The highest BCUT2D eigenvalue weighted by Crippen LogP contribution is 2.31. The van der Waals surface area contributed by atoms with E-state index in [0.717, 1.165) is 48.4 Å². The molecule has 2 aromatic carbocycles. The zero-order valence-electron chi connectivity index (χ0n) is 16.8. The van der Waals surface area contributed by atoms with Crippen LogP contribution in [0.5, 0.6) is 5.75 Å². The molecule has 5 rings (SSSR count). The number of hydrogen-bond donors (Lipinski definition) is 0. The third-order valence-electron chi connectivity index (χ3n) is 5.74. The van der Waals surface area contributed by atoms with Crippen LogP contribution in [0.4, 0.5) is 5.82 Å². The Morgan fingerprint density at radius 3 is 2.55 bits per heavy atom. The molecule has 0 atom stereocenters. The standard InChI is InChI=1S/C24H24N4O/c1-27-24(18-7-4-3-5-8-18)19-13-15-28(16-14-20(19)26-27)22-12-11-17-9-6-10-21(29-2)23(17)25-22/h3-12H,13-16H2,1-2H3. The highest BCUT2D eigenvalue weighted by Gasteiger charge is 2.23. The minimum absolute atomic E-state index is 0.816. The molecule has 146 valence electrons. The van der Waals surface area contributed by atoms with E-state index in [9.17, 15) is 0 Å². The minimum atomic E-state index is 0.816. The van der Waals surface area contributed by atoms with E-state index in [1.54, 1.807) is 7.11 Å². The fourth-order valence-corrected chi connectivity index (χ4v) is 4.32. The van der Waals surface area contributed by atoms with Crippen molar-refractivity contribution in [3.63, 3.8) is 0 Å². The number of ether oxygens (including phenoxy) is 1. The first-order valence-corrected chi connectivity index (χ1v) is 10.0. The number of methoxy groups -OCH3 is 1. The molecule has 0 bridgehead atoms. The average Bonchev–Trinajstić information content (AvgIpc) is 2.94. The van der Waals surface area contributed by atoms with Gasteiger partial charge >= 0.3 is 0 Å². The van der Waals surface area contributed by atoms with Crippen LogP contribution in [-0.2, 0) is 19.9 Å². The van der Waals surface area contributed by atoms with Crippen LogP contribution < -0.4 is 9.64 Å². The van der Waals surface area contributed by atoms with Gasteiger partial charge in [-0.15, -0.1) is 0 Å². The van der Waals surface area contributed by atoms with Crippen LogP contribution in [0.1, 0.15) is 11.3 Å². The fraction of sp³-hybridized carbons (Fsp3) is 0.250. The van der Waals surface area contributed by atoms with Crippen molar-refractivity contribution in [2.75, 3.05) is 25.1 Å². The first kappa shape index (κ1) is 17.7. The lowest BCUT2D eigenvalue weighted by molar-refractivity contribution is 0.419. The minimum Gasteiger partial charge on any atom is -0.494 e. The lowest BCUT2D eigenvalue weighted by atomic mass is 10.0. The Labute approximate surface area is 170 Å². The van der Waals surface area contributed by atoms with Gasteiger partial charge in [0.15, 0.2) is 0 Å². The van der Waals surface area contributed by atoms with Crippen molar-refractivity contribution in [1.29, 1.82) is 0 Å². The highest BCUT2D eigenvalue weighted by atomic mass is 16.5. The molecule has 0 saturated heterocycles. The Balaban J connectivity index is 1.47. The number of nitrogens with zero attached hydrogens (tertiary/aromatic N) is 4. The number of aryl methyl sites for hydroxylation is 1. The molecule has 0 unspecified atom stereocenters. The molecular formula is C24H24N4O. The number of aromatic nitrogens is 3. The molecule has 4 aromatic rings. The maximum absolute atomic E-state index is 5.52. The molecule has 29 heavy (non-hydrogen) atoms. The number of fused-ring (bicyclic) bond motifs is 2. The lowest BCUT2D eigenvalue weighted by Crippen LogP contribution is -2.27. The molecule has 0 amide bonds. The van der Waals surface area contributed by atoms with Crippen molar-refractivity contribution in [3.8, 4) is 17.0 Å². The Bertz CT molecular complexity index is 1170. The molecule has 5 nitrogen and oxygen atoms in total. The summed E-state index contributed by atoms with van der Waals surface area (Å²) in [6.45, 7) is 1.83. The van der Waals surface area contributed by atoms with Crippen LogP contribution in [0.2, 0.25) is 0 Å². The summed E-state index contributed by atoms with van der Waals surface area (Å²) in [5.41, 5.74) is 5.94. The predicted molar refractivity (Wildman–Crippen MR) is 117 cm³/mol. The molecular weight excluding hydrogens is 360 g/mol. The van der Waals surface area contributed by atoms with E-state index >= 15 is 0 Å². The van der Waals surface area contributed by atoms with Crippen LogP contribution in [0.25, 0.3) is 22.2 Å². The zero-order chi connectivity index (χ0) is 19.8. The van der Waals surface area contributed by atoms with E-state index < -0.39 is 0 Å². The van der Waals surface area contributed by atoms with Gasteiger partial charge in [-0.25, -0.2) is 4.98 Å². The number of para-hydroxylation sites is 1. The van der Waals surface area contributed by atoms with Gasteiger partial charge in [0.05, 0.1) is 18.5 Å². The molecule has 0 aliphatic carbocycles. The summed E-state index contributed by atoms with van der Waals surface area (Å²) in [6, 6.07) is 20.8. The maximum Gasteiger partial charge on any atom is 0.145 e. The molecule has 0 saturated carbocycles. The van der Waals surface area contributed by atoms with Crippen molar-refractivity contribution in [2.24, 2.45) is 7.05 Å². The second-order valence-electron chi connectivity index (χ2n) is 7.45. The highest BCUT2D eigenvalue weighted by molar-refractivity contribution is 5.86. The van der Waals surface area contributed by atoms with Crippen LogP contribution in [0.3, 0.4) is 0 Å². The topological polar surface area (TPSA) is 43.2 Å². The first-order chi connectivity index (χ1) is 14.2. The number of pyridine rings is 1. The van der Waals surface area contributed by atoms with Crippen molar-refractivity contribution in [3.05, 3.63) is 71.9 Å². The monoisotopic (exact) mass is 384 g/mol. The van der Waals surface area contributed by atoms with Gasteiger partial charge in [-0.1, -0.05) is 42.5 Å². The quantitative estimate of drug-likeness (QED) is 0.530. The van der Waals surface area contributed by atoms with Gasteiger partial charge in [0, 0.05) is 43.1 Å². The van der Waals surface area contributed by atoms with E-state index in [-0.39, 0.29) is 0 Å². The number of hydrogen-bond acceptors (Lipinski definition) is 4. The molecule has 0 spiro atoms. The van der Waals surface area contributed by atoms with E-state index in [2.05, 4.69) is 53.4 Å². The predicted octanol–water partition coefficient (Wildman–Crippen LogP) is 4.25. The SMILES string of the molecule is COc1cccc2ccc(N3CCc4nn(C)c(-c5ccccc5)c4CC3)nc12. The number of anilines is 1. The third kappa shape index (κ3) is 3.12. The Morgan fingerprint density at radius 1 is 0.897 bits per heavy atom. The summed E-state index contributed by atoms with van der Waals surface area (Å²) in [7, 11) is 3.74. The molecule has 0 N–H and O–H groups in total. The summed E-state index contributed by atoms with van der Waals surface area (Å²) in [5.74, 6) is 1.81. The van der Waals surface area contributed by atoms with Crippen molar-refractivity contribution >= 4 is 16.7 Å². The molecule has 1 aliphatic heterocycles. The van der Waals surface area contributed by atoms with Gasteiger partial charge < -0.3 is 9.64 Å². The van der Waals surface area contributed by atoms with Crippen LogP contribution in [0.15, 0.2) is 60.7 Å². The molecule has 1 aliphatic rings. The summed E-state index contributed by atoms with van der Waals surface area (Å²) in [5, 5.41) is 5.94. The lowest BCUT2D eigenvalue weighted by Gasteiger charge is -2.22. The van der Waals surface area contributed by atoms with E-state index in [1.807, 2.05) is 23.9 Å². The number of benzene rings is 2. The van der Waals surface area contributed by atoms with E-state index in [4.69, 9.17) is 14.8 Å². The zero-order valence-corrected chi connectivity index (χ0v) is 16.8. The van der Waals surface area contributed by atoms with E-state index in [1.165, 1.54) is 22.5 Å². The summed E-state index contributed by atoms with van der Waals surface area (Å²) >= 11 is 0. The normalized spacial score (nSPS) is 13.9. The summed E-state index contributed by atoms with van der Waals surface area (Å²) < 4.78 is 7.55. The Morgan fingerprint density at radius 2 is 1.72 bits per heavy atom. The molecule has 0 radical (unpaired) electrons. The van der Waals surface area contributed by atoms with Gasteiger partial charge in [0.25, 0.3) is 0 Å². The molecule has 5 heteroatoms. The van der Waals surface area contributed by atoms with Crippen LogP contribution in [-0.4, -0.2) is 35.0 Å². The van der Waals surface area contributed by atoms with Crippen molar-refractivity contribution in [1.82, 2.24) is 14.8 Å². The second kappa shape index (κ2) is 7.24. The van der Waals surface area contributed by atoms with Crippen molar-refractivity contribution < 1.29 is 4.74 Å². The molecule has 0 fully saturated rings. The number of rotatable bonds is 3. The molecule has 3 heterocycles. The van der Waals surface area contributed by atoms with E-state index in [0.29, 0.717) is 0 Å². The van der Waals surface area contributed by atoms with Crippen LogP contribution in [0, 0.1) is 0 Å². The van der Waals surface area contributed by atoms with Crippen LogP contribution >= 0.6 is 0 Å². The third-order valence-corrected chi connectivity index (χ3v) is 5.74. The van der Waals surface area contributed by atoms with Gasteiger partial charge in [0.2, 0.25) is 0 Å². The fourth-order valence-electron chi connectivity index (χ4n) is 4.32. The Hall–Kier alpha value is -3.34. The summed E-state index contributed by atoms with van der Waals surface area (Å²) in [6.07, 6.45) is 1.88. The smallest absolute Gasteiger partial charge is 0.145 e. The largest absolute Gasteiger partial charge is 0.494 e. The second-order valence-corrected chi connectivity index (χ2v) is 7.45. The van der Waals surface area contributed by atoms with Gasteiger partial charge in [-0.05, 0) is 24.6 Å². The first-order valence-electron chi connectivity index (χ1n) is 10.0.